The molecule has 5 heteroatoms. The van der Waals surface area contributed by atoms with Crippen molar-refractivity contribution >= 4 is 22.4 Å². The van der Waals surface area contributed by atoms with Crippen molar-refractivity contribution in [2.24, 2.45) is 0 Å². The maximum absolute atomic E-state index is 12.1. The fourth-order valence-electron chi connectivity index (χ4n) is 2.00. The molecule has 0 aliphatic carbocycles. The molecule has 18 heavy (non-hydrogen) atoms. The van der Waals surface area contributed by atoms with Gasteiger partial charge in [0.05, 0.1) is 5.92 Å². The van der Waals surface area contributed by atoms with E-state index in [1.54, 1.807) is 6.26 Å². The van der Waals surface area contributed by atoms with E-state index < -0.39 is 10.8 Å². The first-order chi connectivity index (χ1) is 8.59. The molecule has 2 N–H and O–H groups in total. The second kappa shape index (κ2) is 5.52. The summed E-state index contributed by atoms with van der Waals surface area (Å²) in [6.45, 7) is 2.96. The predicted octanol–water partition coefficient (Wildman–Crippen LogP) is 1.08. The molecule has 98 valence electrons. The highest BCUT2D eigenvalue weighted by Crippen LogP contribution is 2.30. The third-order valence-corrected chi connectivity index (χ3v) is 4.58. The molecule has 1 aliphatic heterocycles. The molecule has 0 aromatic heterocycles. The van der Waals surface area contributed by atoms with E-state index in [2.05, 4.69) is 10.6 Å². The minimum absolute atomic E-state index is 0.00440. The first kappa shape index (κ1) is 13.1. The van der Waals surface area contributed by atoms with Crippen molar-refractivity contribution in [3.8, 4) is 0 Å². The van der Waals surface area contributed by atoms with Crippen molar-refractivity contribution in [2.75, 3.05) is 24.7 Å². The number of carbonyl (C=O) groups excluding carboxylic acids is 1. The van der Waals surface area contributed by atoms with Crippen LogP contribution in [-0.4, -0.2) is 34.7 Å². The molecule has 3 unspecified atom stereocenters. The van der Waals surface area contributed by atoms with Crippen LogP contribution in [0, 0.1) is 0 Å². The Morgan fingerprint density at radius 3 is 3.00 bits per heavy atom. The van der Waals surface area contributed by atoms with E-state index in [1.165, 1.54) is 0 Å². The highest BCUT2D eigenvalue weighted by molar-refractivity contribution is 7.84. The minimum atomic E-state index is -0.904. The number of carbonyl (C=O) groups is 1. The van der Waals surface area contributed by atoms with Crippen LogP contribution < -0.4 is 10.6 Å². The van der Waals surface area contributed by atoms with Crippen molar-refractivity contribution in [3.63, 3.8) is 0 Å². The van der Waals surface area contributed by atoms with Crippen LogP contribution in [-0.2, 0) is 15.6 Å². The smallest absolute Gasteiger partial charge is 0.229 e. The lowest BCUT2D eigenvalue weighted by atomic mass is 10.0. The van der Waals surface area contributed by atoms with E-state index in [-0.39, 0.29) is 17.1 Å². The molecule has 0 radical (unpaired) electrons. The molecule has 1 aromatic rings. The zero-order chi connectivity index (χ0) is 13.1. The molecule has 4 nitrogen and oxygen atoms in total. The Labute approximate surface area is 110 Å². The van der Waals surface area contributed by atoms with E-state index >= 15 is 0 Å². The van der Waals surface area contributed by atoms with Gasteiger partial charge in [0.15, 0.2) is 0 Å². The van der Waals surface area contributed by atoms with Gasteiger partial charge < -0.3 is 10.6 Å². The SMILES string of the molecule is CC(CNC(=O)C1CNc2ccccc21)S(C)=O. The van der Waals surface area contributed by atoms with Crippen molar-refractivity contribution in [3.05, 3.63) is 29.8 Å². The number of rotatable bonds is 4. The number of benzene rings is 1. The summed E-state index contributed by atoms with van der Waals surface area (Å²) in [6.07, 6.45) is 1.66. The van der Waals surface area contributed by atoms with Crippen LogP contribution in [0.2, 0.25) is 0 Å². The molecule has 2 rings (SSSR count). The molecule has 0 bridgehead atoms. The molecule has 0 saturated heterocycles. The van der Waals surface area contributed by atoms with Crippen LogP contribution in [0.25, 0.3) is 0 Å². The first-order valence-corrected chi connectivity index (χ1v) is 7.64. The zero-order valence-corrected chi connectivity index (χ0v) is 11.4. The number of fused-ring (bicyclic) bond motifs is 1. The molecule has 1 aliphatic rings. The average molecular weight is 266 g/mol. The normalized spacial score (nSPS) is 20.7. The van der Waals surface area contributed by atoms with Crippen molar-refractivity contribution in [1.29, 1.82) is 0 Å². The van der Waals surface area contributed by atoms with Crippen LogP contribution in [0.1, 0.15) is 18.4 Å². The number of amides is 1. The van der Waals surface area contributed by atoms with Gasteiger partial charge in [0, 0.05) is 41.1 Å². The highest BCUT2D eigenvalue weighted by Gasteiger charge is 2.28. The molecule has 3 atom stereocenters. The topological polar surface area (TPSA) is 58.2 Å². The van der Waals surface area contributed by atoms with Crippen LogP contribution in [0.15, 0.2) is 24.3 Å². The van der Waals surface area contributed by atoms with Crippen molar-refractivity contribution in [1.82, 2.24) is 5.32 Å². The predicted molar refractivity (Wildman–Crippen MR) is 74.2 cm³/mol. The summed E-state index contributed by atoms with van der Waals surface area (Å²) >= 11 is 0. The van der Waals surface area contributed by atoms with Crippen LogP contribution >= 0.6 is 0 Å². The van der Waals surface area contributed by atoms with Crippen LogP contribution in [0.5, 0.6) is 0 Å². The molecule has 1 amide bonds. The standard InChI is InChI=1S/C13H18N2O2S/c1-9(18(2)17)7-15-13(16)11-8-14-12-6-4-3-5-10(11)12/h3-6,9,11,14H,7-8H2,1-2H3,(H,15,16). The van der Waals surface area contributed by atoms with Gasteiger partial charge in [-0.1, -0.05) is 18.2 Å². The summed E-state index contributed by atoms with van der Waals surface area (Å²) < 4.78 is 11.2. The van der Waals surface area contributed by atoms with E-state index in [9.17, 15) is 9.00 Å². The number of nitrogens with one attached hydrogen (secondary N) is 2. The number of para-hydroxylation sites is 1. The van der Waals surface area contributed by atoms with Gasteiger partial charge >= 0.3 is 0 Å². The van der Waals surface area contributed by atoms with E-state index in [0.29, 0.717) is 13.1 Å². The monoisotopic (exact) mass is 266 g/mol. The Kier molecular flexibility index (Phi) is 4.01. The van der Waals surface area contributed by atoms with Gasteiger partial charge in [0.1, 0.15) is 0 Å². The van der Waals surface area contributed by atoms with Gasteiger partial charge in [0.25, 0.3) is 0 Å². The first-order valence-electron chi connectivity index (χ1n) is 6.02. The minimum Gasteiger partial charge on any atom is -0.384 e. The van der Waals surface area contributed by atoms with Crippen LogP contribution in [0.4, 0.5) is 5.69 Å². The Bertz CT molecular complexity index is 476. The maximum Gasteiger partial charge on any atom is 0.229 e. The second-order valence-corrected chi connectivity index (χ2v) is 6.38. The fourth-order valence-corrected chi connectivity index (χ4v) is 2.32. The van der Waals surface area contributed by atoms with Gasteiger partial charge in [0.2, 0.25) is 5.91 Å². The molecule has 1 heterocycles. The van der Waals surface area contributed by atoms with Crippen molar-refractivity contribution < 1.29 is 9.00 Å². The third-order valence-electron chi connectivity index (χ3n) is 3.28. The van der Waals surface area contributed by atoms with Gasteiger partial charge in [-0.25, -0.2) is 0 Å². The highest BCUT2D eigenvalue weighted by atomic mass is 32.2. The summed E-state index contributed by atoms with van der Waals surface area (Å²) in [5.41, 5.74) is 2.07. The summed E-state index contributed by atoms with van der Waals surface area (Å²) in [7, 11) is -0.904. The Balaban J connectivity index is 1.97. The molecule has 0 saturated carbocycles. The van der Waals surface area contributed by atoms with Gasteiger partial charge in [-0.3, -0.25) is 9.00 Å². The van der Waals surface area contributed by atoms with E-state index in [4.69, 9.17) is 0 Å². The lowest BCUT2D eigenvalue weighted by molar-refractivity contribution is -0.122. The zero-order valence-electron chi connectivity index (χ0n) is 10.6. The molecular formula is C13H18N2O2S. The molecule has 0 fully saturated rings. The van der Waals surface area contributed by atoms with E-state index in [1.807, 2.05) is 31.2 Å². The lowest BCUT2D eigenvalue weighted by Gasteiger charge is -2.13. The summed E-state index contributed by atoms with van der Waals surface area (Å²) in [5, 5.41) is 6.08. The third kappa shape index (κ3) is 2.72. The quantitative estimate of drug-likeness (QED) is 0.857. The maximum atomic E-state index is 12.1. The van der Waals surface area contributed by atoms with Gasteiger partial charge in [-0.15, -0.1) is 0 Å². The number of anilines is 1. The molecule has 0 spiro atoms. The van der Waals surface area contributed by atoms with E-state index in [0.717, 1.165) is 11.3 Å². The average Bonchev–Trinajstić information content (AvgIpc) is 2.79. The van der Waals surface area contributed by atoms with Gasteiger partial charge in [-0.05, 0) is 18.6 Å². The fraction of sp³-hybridized carbons (Fsp3) is 0.462. The Hall–Kier alpha value is -1.36. The van der Waals surface area contributed by atoms with Crippen LogP contribution in [0.3, 0.4) is 0 Å². The Morgan fingerprint density at radius 2 is 2.28 bits per heavy atom. The van der Waals surface area contributed by atoms with Gasteiger partial charge in [-0.2, -0.15) is 0 Å². The lowest BCUT2D eigenvalue weighted by Crippen LogP contribution is -2.36. The van der Waals surface area contributed by atoms with Crippen molar-refractivity contribution in [2.45, 2.75) is 18.1 Å². The summed E-state index contributed by atoms with van der Waals surface area (Å²) in [6, 6.07) is 7.84. The Morgan fingerprint density at radius 1 is 1.56 bits per heavy atom. The molecular weight excluding hydrogens is 248 g/mol. The number of hydrogen-bond donors (Lipinski definition) is 2. The number of hydrogen-bond acceptors (Lipinski definition) is 3. The molecule has 1 aromatic carbocycles. The second-order valence-electron chi connectivity index (χ2n) is 4.58. The summed E-state index contributed by atoms with van der Waals surface area (Å²) in [5.74, 6) is -0.136. The largest absolute Gasteiger partial charge is 0.384 e. The summed E-state index contributed by atoms with van der Waals surface area (Å²) in [4.78, 5) is 12.1.